The standard InChI is InChI=1S/C8H7F2N3O/c9-7(10)6-5(12)3-4(1-2-11)13-8(6)14/h3,7H,1H2,(H3,12,13,14). The van der Waals surface area contributed by atoms with Gasteiger partial charge in [-0.15, -0.1) is 0 Å². The number of alkyl halides is 2. The van der Waals surface area contributed by atoms with E-state index in [1.54, 1.807) is 6.07 Å². The number of nitriles is 1. The number of H-pyrrole nitrogens is 1. The number of nitrogen functional groups attached to an aromatic ring is 1. The molecule has 0 radical (unpaired) electrons. The van der Waals surface area contributed by atoms with Gasteiger partial charge in [0.15, 0.2) is 0 Å². The third-order valence-corrected chi connectivity index (χ3v) is 1.65. The van der Waals surface area contributed by atoms with Crippen LogP contribution in [0.1, 0.15) is 17.7 Å². The average Bonchev–Trinajstić information content (AvgIpc) is 2.01. The lowest BCUT2D eigenvalue weighted by Gasteiger charge is -2.04. The van der Waals surface area contributed by atoms with Gasteiger partial charge < -0.3 is 10.7 Å². The molecular weight excluding hydrogens is 192 g/mol. The van der Waals surface area contributed by atoms with Crippen molar-refractivity contribution in [1.82, 2.24) is 4.98 Å². The highest BCUT2D eigenvalue weighted by Crippen LogP contribution is 2.20. The normalized spacial score (nSPS) is 10.1. The van der Waals surface area contributed by atoms with Crippen LogP contribution < -0.4 is 11.3 Å². The first-order valence-corrected chi connectivity index (χ1v) is 3.73. The minimum atomic E-state index is -2.91. The molecule has 0 amide bonds. The molecule has 0 bridgehead atoms. The van der Waals surface area contributed by atoms with Crippen LogP contribution in [0.25, 0.3) is 0 Å². The van der Waals surface area contributed by atoms with Gasteiger partial charge in [0.2, 0.25) is 0 Å². The van der Waals surface area contributed by atoms with Crippen molar-refractivity contribution in [1.29, 1.82) is 5.26 Å². The van der Waals surface area contributed by atoms with E-state index in [1.807, 2.05) is 0 Å². The van der Waals surface area contributed by atoms with Gasteiger partial charge >= 0.3 is 0 Å². The number of aromatic nitrogens is 1. The van der Waals surface area contributed by atoms with Gasteiger partial charge in [-0.2, -0.15) is 5.26 Å². The first-order valence-electron chi connectivity index (χ1n) is 3.73. The number of nitrogens with zero attached hydrogens (tertiary/aromatic N) is 1. The van der Waals surface area contributed by atoms with E-state index in [0.29, 0.717) is 0 Å². The number of pyridine rings is 1. The topological polar surface area (TPSA) is 82.7 Å². The van der Waals surface area contributed by atoms with Gasteiger partial charge in [-0.05, 0) is 6.07 Å². The molecule has 1 aromatic rings. The zero-order chi connectivity index (χ0) is 10.7. The molecule has 0 spiro atoms. The van der Waals surface area contributed by atoms with Crippen molar-refractivity contribution in [3.63, 3.8) is 0 Å². The molecule has 0 unspecified atom stereocenters. The van der Waals surface area contributed by atoms with E-state index in [2.05, 4.69) is 4.98 Å². The lowest BCUT2D eigenvalue weighted by atomic mass is 10.2. The third kappa shape index (κ3) is 1.88. The monoisotopic (exact) mass is 199 g/mol. The number of hydrogen-bond donors (Lipinski definition) is 2. The Morgan fingerprint density at radius 1 is 1.64 bits per heavy atom. The van der Waals surface area contributed by atoms with Gasteiger partial charge in [0.1, 0.15) is 5.56 Å². The molecule has 6 heteroatoms. The molecule has 0 aromatic carbocycles. The highest BCUT2D eigenvalue weighted by molar-refractivity contribution is 5.47. The maximum atomic E-state index is 12.2. The van der Waals surface area contributed by atoms with Gasteiger partial charge in [-0.25, -0.2) is 8.78 Å². The quantitative estimate of drug-likeness (QED) is 0.744. The molecule has 0 atom stereocenters. The van der Waals surface area contributed by atoms with Crippen LogP contribution in [-0.4, -0.2) is 4.98 Å². The molecule has 1 heterocycles. The molecule has 1 aromatic heterocycles. The number of anilines is 1. The van der Waals surface area contributed by atoms with Crippen LogP contribution in [0, 0.1) is 11.3 Å². The summed E-state index contributed by atoms with van der Waals surface area (Å²) in [5.41, 5.74) is 3.51. The molecule has 0 aliphatic heterocycles. The predicted octanol–water partition coefficient (Wildman–Crippen LogP) is 0.961. The van der Waals surface area contributed by atoms with Crippen LogP contribution >= 0.6 is 0 Å². The molecule has 74 valence electrons. The van der Waals surface area contributed by atoms with Crippen molar-refractivity contribution in [2.24, 2.45) is 0 Å². The zero-order valence-electron chi connectivity index (χ0n) is 7.05. The molecule has 4 nitrogen and oxygen atoms in total. The lowest BCUT2D eigenvalue weighted by Crippen LogP contribution is -2.17. The van der Waals surface area contributed by atoms with Crippen LogP contribution in [-0.2, 0) is 6.42 Å². The van der Waals surface area contributed by atoms with E-state index in [4.69, 9.17) is 11.0 Å². The third-order valence-electron chi connectivity index (χ3n) is 1.65. The van der Waals surface area contributed by atoms with E-state index in [9.17, 15) is 13.6 Å². The van der Waals surface area contributed by atoms with Crippen molar-refractivity contribution >= 4 is 5.69 Å². The Labute approximate surface area is 78.0 Å². The van der Waals surface area contributed by atoms with Crippen LogP contribution in [0.3, 0.4) is 0 Å². The SMILES string of the molecule is N#CCc1cc(N)c(C(F)F)c(=O)[nH]1. The minimum Gasteiger partial charge on any atom is -0.398 e. The smallest absolute Gasteiger partial charge is 0.271 e. The van der Waals surface area contributed by atoms with Gasteiger partial charge in [0.25, 0.3) is 12.0 Å². The number of halogens is 2. The number of aromatic amines is 1. The number of nitrogens with one attached hydrogen (secondary N) is 1. The van der Waals surface area contributed by atoms with Crippen LogP contribution in [0.15, 0.2) is 10.9 Å². The van der Waals surface area contributed by atoms with Crippen molar-refractivity contribution in [2.75, 3.05) is 5.73 Å². The summed E-state index contributed by atoms with van der Waals surface area (Å²) in [5.74, 6) is 0. The first kappa shape index (κ1) is 10.2. The van der Waals surface area contributed by atoms with E-state index in [0.717, 1.165) is 0 Å². The molecule has 0 aliphatic carbocycles. The average molecular weight is 199 g/mol. The minimum absolute atomic E-state index is 0.0665. The summed E-state index contributed by atoms with van der Waals surface area (Å²) in [6, 6.07) is 2.95. The molecule has 1 rings (SSSR count). The largest absolute Gasteiger partial charge is 0.398 e. The Bertz CT molecular complexity index is 433. The summed E-state index contributed by atoms with van der Waals surface area (Å²) < 4.78 is 24.5. The van der Waals surface area contributed by atoms with Gasteiger partial charge in [-0.1, -0.05) is 0 Å². The molecule has 14 heavy (non-hydrogen) atoms. The van der Waals surface area contributed by atoms with E-state index < -0.39 is 17.5 Å². The number of rotatable bonds is 2. The summed E-state index contributed by atoms with van der Waals surface area (Å²) in [6.45, 7) is 0. The first-order chi connectivity index (χ1) is 6.56. The molecular formula is C8H7F2N3O. The summed E-state index contributed by atoms with van der Waals surface area (Å²) in [7, 11) is 0. The highest BCUT2D eigenvalue weighted by atomic mass is 19.3. The van der Waals surface area contributed by atoms with Crippen molar-refractivity contribution in [3.8, 4) is 6.07 Å². The molecule has 0 saturated heterocycles. The number of hydrogen-bond acceptors (Lipinski definition) is 3. The summed E-state index contributed by atoms with van der Waals surface area (Å²) in [5, 5.41) is 8.32. The second-order valence-corrected chi connectivity index (χ2v) is 2.63. The van der Waals surface area contributed by atoms with Gasteiger partial charge in [0.05, 0.1) is 12.5 Å². The molecule has 3 N–H and O–H groups in total. The fourth-order valence-electron chi connectivity index (χ4n) is 1.05. The second-order valence-electron chi connectivity index (χ2n) is 2.63. The molecule has 0 aliphatic rings. The summed E-state index contributed by atoms with van der Waals surface area (Å²) in [4.78, 5) is 13.2. The Morgan fingerprint density at radius 2 is 2.29 bits per heavy atom. The predicted molar refractivity (Wildman–Crippen MR) is 45.7 cm³/mol. The Kier molecular flexibility index (Phi) is 2.82. The van der Waals surface area contributed by atoms with Gasteiger partial charge in [0, 0.05) is 11.4 Å². The highest BCUT2D eigenvalue weighted by Gasteiger charge is 2.16. The van der Waals surface area contributed by atoms with Crippen molar-refractivity contribution in [2.45, 2.75) is 12.8 Å². The zero-order valence-corrected chi connectivity index (χ0v) is 7.05. The fourth-order valence-corrected chi connectivity index (χ4v) is 1.05. The van der Waals surface area contributed by atoms with Crippen LogP contribution in [0.2, 0.25) is 0 Å². The lowest BCUT2D eigenvalue weighted by molar-refractivity contribution is 0.150. The maximum absolute atomic E-state index is 12.2. The Balaban J connectivity index is 3.27. The Morgan fingerprint density at radius 3 is 2.71 bits per heavy atom. The molecule has 0 fully saturated rings. The van der Waals surface area contributed by atoms with Crippen LogP contribution in [0.4, 0.5) is 14.5 Å². The summed E-state index contributed by atoms with van der Waals surface area (Å²) in [6.07, 6.45) is -2.97. The molecule has 0 saturated carbocycles. The van der Waals surface area contributed by atoms with Crippen molar-refractivity contribution < 1.29 is 8.78 Å². The van der Waals surface area contributed by atoms with E-state index in [-0.39, 0.29) is 17.8 Å². The maximum Gasteiger partial charge on any atom is 0.271 e. The fraction of sp³-hybridized carbons (Fsp3) is 0.250. The van der Waals surface area contributed by atoms with Gasteiger partial charge in [-0.3, -0.25) is 4.79 Å². The van der Waals surface area contributed by atoms with E-state index >= 15 is 0 Å². The van der Waals surface area contributed by atoms with E-state index in [1.165, 1.54) is 6.07 Å². The van der Waals surface area contributed by atoms with Crippen LogP contribution in [0.5, 0.6) is 0 Å². The Hall–Kier alpha value is -1.90. The summed E-state index contributed by atoms with van der Waals surface area (Å²) >= 11 is 0. The number of nitrogens with two attached hydrogens (primary N) is 1. The van der Waals surface area contributed by atoms with Crippen molar-refractivity contribution in [3.05, 3.63) is 27.7 Å². The second kappa shape index (κ2) is 3.87.